The van der Waals surface area contributed by atoms with Crippen LogP contribution in [0.4, 0.5) is 5.69 Å². The minimum atomic E-state index is -3.34. The first-order valence-electron chi connectivity index (χ1n) is 9.16. The number of fused-ring (bicyclic) bond motifs is 1. The van der Waals surface area contributed by atoms with Crippen LogP contribution in [0.1, 0.15) is 5.56 Å². The summed E-state index contributed by atoms with van der Waals surface area (Å²) >= 11 is 0. The van der Waals surface area contributed by atoms with Gasteiger partial charge in [0.1, 0.15) is 12.2 Å². The van der Waals surface area contributed by atoms with Gasteiger partial charge >= 0.3 is 0 Å². The van der Waals surface area contributed by atoms with E-state index in [9.17, 15) is 13.2 Å². The number of anilines is 1. The highest BCUT2D eigenvalue weighted by Crippen LogP contribution is 2.32. The number of hydrogen-bond donors (Lipinski definition) is 1. The highest BCUT2D eigenvalue weighted by molar-refractivity contribution is 7.90. The van der Waals surface area contributed by atoms with Crippen LogP contribution in [0.15, 0.2) is 86.9 Å². The molecule has 0 fully saturated rings. The van der Waals surface area contributed by atoms with Gasteiger partial charge in [0.05, 0.1) is 10.3 Å². The van der Waals surface area contributed by atoms with Gasteiger partial charge < -0.3 is 14.9 Å². The number of rotatable bonds is 5. The molecule has 0 amide bonds. The molecule has 4 rings (SSSR count). The summed E-state index contributed by atoms with van der Waals surface area (Å²) in [6, 6.07) is 20.4. The molecule has 0 saturated heterocycles. The molecule has 0 saturated carbocycles. The standard InChI is InChI=1S/C23H19NO5S/c1-30(26,27)18-10-7-16(8-11-18)22-23(28-14-15-5-3-2-4-6-15)21(25)19-13-17(24)9-12-20(19)29-22/h2-13H,14,24H2,1H3. The van der Waals surface area contributed by atoms with Crippen LogP contribution in [0.25, 0.3) is 22.3 Å². The molecule has 0 radical (unpaired) electrons. The van der Waals surface area contributed by atoms with Crippen LogP contribution in [-0.4, -0.2) is 14.7 Å². The topological polar surface area (TPSA) is 99.6 Å². The van der Waals surface area contributed by atoms with E-state index in [2.05, 4.69) is 0 Å². The average Bonchev–Trinajstić information content (AvgIpc) is 2.73. The zero-order chi connectivity index (χ0) is 21.3. The van der Waals surface area contributed by atoms with Crippen molar-refractivity contribution in [2.75, 3.05) is 12.0 Å². The summed E-state index contributed by atoms with van der Waals surface area (Å²) in [6.45, 7) is 0.174. The lowest BCUT2D eigenvalue weighted by Crippen LogP contribution is -2.10. The van der Waals surface area contributed by atoms with Gasteiger partial charge in [-0.3, -0.25) is 4.79 Å². The Morgan fingerprint density at radius 1 is 0.967 bits per heavy atom. The van der Waals surface area contributed by atoms with E-state index in [1.807, 2.05) is 30.3 Å². The molecule has 0 unspecified atom stereocenters. The van der Waals surface area contributed by atoms with Gasteiger partial charge in [-0.15, -0.1) is 0 Å². The Morgan fingerprint density at radius 2 is 1.67 bits per heavy atom. The van der Waals surface area contributed by atoms with Crippen LogP contribution < -0.4 is 15.9 Å². The van der Waals surface area contributed by atoms with E-state index < -0.39 is 9.84 Å². The van der Waals surface area contributed by atoms with Crippen molar-refractivity contribution in [2.45, 2.75) is 11.5 Å². The van der Waals surface area contributed by atoms with Crippen molar-refractivity contribution in [3.63, 3.8) is 0 Å². The molecule has 4 aromatic rings. The van der Waals surface area contributed by atoms with Gasteiger partial charge in [0, 0.05) is 17.5 Å². The van der Waals surface area contributed by atoms with Gasteiger partial charge in [0.15, 0.2) is 15.6 Å². The Bertz CT molecular complexity index is 1380. The lowest BCUT2D eigenvalue weighted by Gasteiger charge is -2.12. The zero-order valence-electron chi connectivity index (χ0n) is 16.2. The predicted molar refractivity (Wildman–Crippen MR) is 116 cm³/mol. The number of nitrogen functional groups attached to an aromatic ring is 1. The largest absolute Gasteiger partial charge is 0.481 e. The molecule has 6 nitrogen and oxygen atoms in total. The molecule has 7 heteroatoms. The molecule has 3 aromatic carbocycles. The fourth-order valence-electron chi connectivity index (χ4n) is 3.10. The number of hydrogen-bond acceptors (Lipinski definition) is 6. The molecule has 0 aliphatic heterocycles. The van der Waals surface area contributed by atoms with Crippen molar-refractivity contribution >= 4 is 26.5 Å². The molecular formula is C23H19NO5S. The monoisotopic (exact) mass is 421 g/mol. The molecule has 0 atom stereocenters. The minimum absolute atomic E-state index is 0.0454. The number of sulfone groups is 1. The van der Waals surface area contributed by atoms with Gasteiger partial charge in [-0.1, -0.05) is 30.3 Å². The van der Waals surface area contributed by atoms with Gasteiger partial charge in [-0.05, 0) is 48.0 Å². The third-order valence-electron chi connectivity index (χ3n) is 4.64. The fourth-order valence-corrected chi connectivity index (χ4v) is 3.73. The second-order valence-electron chi connectivity index (χ2n) is 6.92. The smallest absolute Gasteiger partial charge is 0.235 e. The van der Waals surface area contributed by atoms with Crippen LogP contribution in [0.3, 0.4) is 0 Å². The molecule has 30 heavy (non-hydrogen) atoms. The molecule has 1 heterocycles. The fraction of sp³-hybridized carbons (Fsp3) is 0.0870. The zero-order valence-corrected chi connectivity index (χ0v) is 17.0. The molecule has 1 aromatic heterocycles. The molecule has 152 valence electrons. The quantitative estimate of drug-likeness (QED) is 0.489. The number of benzene rings is 3. The third kappa shape index (κ3) is 3.92. The molecule has 0 spiro atoms. The number of ether oxygens (including phenoxy) is 1. The van der Waals surface area contributed by atoms with Crippen LogP contribution in [0, 0.1) is 0 Å². The van der Waals surface area contributed by atoms with E-state index >= 15 is 0 Å². The Balaban J connectivity index is 1.86. The minimum Gasteiger partial charge on any atom is -0.481 e. The van der Waals surface area contributed by atoms with Crippen molar-refractivity contribution in [3.8, 4) is 17.1 Å². The van der Waals surface area contributed by atoms with Crippen LogP contribution in [0.5, 0.6) is 5.75 Å². The number of nitrogens with two attached hydrogens (primary N) is 1. The molecule has 0 aliphatic rings. The van der Waals surface area contributed by atoms with E-state index in [0.717, 1.165) is 11.8 Å². The maximum Gasteiger partial charge on any atom is 0.235 e. The van der Waals surface area contributed by atoms with Gasteiger partial charge in [-0.25, -0.2) is 8.42 Å². The summed E-state index contributed by atoms with van der Waals surface area (Å²) in [5, 5.41) is 0.314. The lowest BCUT2D eigenvalue weighted by molar-refractivity contribution is 0.298. The molecule has 0 aliphatic carbocycles. The van der Waals surface area contributed by atoms with Crippen LogP contribution >= 0.6 is 0 Å². The van der Waals surface area contributed by atoms with E-state index in [1.54, 1.807) is 30.3 Å². The van der Waals surface area contributed by atoms with Crippen molar-refractivity contribution in [3.05, 3.63) is 88.6 Å². The Labute approximate surface area is 173 Å². The summed E-state index contributed by atoms with van der Waals surface area (Å²) < 4.78 is 35.4. The second kappa shape index (κ2) is 7.68. The first-order valence-corrected chi connectivity index (χ1v) is 11.1. The summed E-state index contributed by atoms with van der Waals surface area (Å²) in [5.41, 5.74) is 7.71. The lowest BCUT2D eigenvalue weighted by atomic mass is 10.1. The van der Waals surface area contributed by atoms with Crippen LogP contribution in [0.2, 0.25) is 0 Å². The highest BCUT2D eigenvalue weighted by Gasteiger charge is 2.19. The molecular weight excluding hydrogens is 402 g/mol. The molecule has 0 bridgehead atoms. The van der Waals surface area contributed by atoms with E-state index in [4.69, 9.17) is 14.9 Å². The second-order valence-corrected chi connectivity index (χ2v) is 8.93. The van der Waals surface area contributed by atoms with Crippen molar-refractivity contribution in [1.29, 1.82) is 0 Å². The maximum atomic E-state index is 13.2. The first kappa shape index (κ1) is 19.7. The Hall–Kier alpha value is -3.58. The maximum absolute atomic E-state index is 13.2. The average molecular weight is 421 g/mol. The normalized spacial score (nSPS) is 11.5. The summed E-state index contributed by atoms with van der Waals surface area (Å²) in [5.74, 6) is 0.275. The summed E-state index contributed by atoms with van der Waals surface area (Å²) in [6.07, 6.45) is 1.14. The van der Waals surface area contributed by atoms with Gasteiger partial charge in [0.2, 0.25) is 11.2 Å². The SMILES string of the molecule is CS(=O)(=O)c1ccc(-c2oc3ccc(N)cc3c(=O)c2OCc2ccccc2)cc1. The van der Waals surface area contributed by atoms with E-state index in [1.165, 1.54) is 12.1 Å². The van der Waals surface area contributed by atoms with Crippen molar-refractivity contribution in [1.82, 2.24) is 0 Å². The summed E-state index contributed by atoms with van der Waals surface area (Å²) in [4.78, 5) is 13.4. The Kier molecular flexibility index (Phi) is 5.05. The van der Waals surface area contributed by atoms with E-state index in [-0.39, 0.29) is 28.4 Å². The third-order valence-corrected chi connectivity index (χ3v) is 5.77. The van der Waals surface area contributed by atoms with Gasteiger partial charge in [-0.2, -0.15) is 0 Å². The summed E-state index contributed by atoms with van der Waals surface area (Å²) in [7, 11) is -3.34. The van der Waals surface area contributed by atoms with Crippen LogP contribution in [-0.2, 0) is 16.4 Å². The Morgan fingerprint density at radius 3 is 2.33 bits per heavy atom. The van der Waals surface area contributed by atoms with Crippen molar-refractivity contribution < 1.29 is 17.6 Å². The first-order chi connectivity index (χ1) is 14.3. The van der Waals surface area contributed by atoms with Gasteiger partial charge in [0.25, 0.3) is 0 Å². The van der Waals surface area contributed by atoms with E-state index in [0.29, 0.717) is 22.2 Å². The van der Waals surface area contributed by atoms with Crippen molar-refractivity contribution in [2.24, 2.45) is 0 Å². The molecule has 2 N–H and O–H groups in total. The predicted octanol–water partition coefficient (Wildman–Crippen LogP) is 4.02. The highest BCUT2D eigenvalue weighted by atomic mass is 32.2.